The lowest BCUT2D eigenvalue weighted by molar-refractivity contribution is 0.0706. The van der Waals surface area contributed by atoms with E-state index in [1.807, 2.05) is 29.6 Å². The van der Waals surface area contributed by atoms with Crippen molar-refractivity contribution in [2.24, 2.45) is 0 Å². The largest absolute Gasteiger partial charge is 0.496 e. The van der Waals surface area contributed by atoms with Gasteiger partial charge in [0.25, 0.3) is 5.91 Å². The van der Waals surface area contributed by atoms with E-state index >= 15 is 0 Å². The van der Waals surface area contributed by atoms with Crippen molar-refractivity contribution in [3.05, 3.63) is 63.5 Å². The van der Waals surface area contributed by atoms with Gasteiger partial charge in [-0.3, -0.25) is 10.0 Å². The highest BCUT2D eigenvalue weighted by atomic mass is 35.5. The van der Waals surface area contributed by atoms with Crippen LogP contribution in [0.3, 0.4) is 0 Å². The van der Waals surface area contributed by atoms with Crippen molar-refractivity contribution in [3.8, 4) is 17.0 Å². The second-order valence-electron chi connectivity index (χ2n) is 6.45. The molecule has 0 saturated carbocycles. The van der Waals surface area contributed by atoms with Gasteiger partial charge in [0.2, 0.25) is 0 Å². The number of anilines is 1. The Kier molecular flexibility index (Phi) is 5.21. The van der Waals surface area contributed by atoms with E-state index in [4.69, 9.17) is 26.5 Å². The average Bonchev–Trinajstić information content (AvgIpc) is 3.22. The molecule has 0 unspecified atom stereocenters. The number of halogens is 1. The summed E-state index contributed by atoms with van der Waals surface area (Å²) in [5.41, 5.74) is 6.01. The first-order valence-corrected chi connectivity index (χ1v) is 9.95. The summed E-state index contributed by atoms with van der Waals surface area (Å²) in [5, 5.41) is 12.5. The normalized spacial score (nSPS) is 13.2. The van der Waals surface area contributed by atoms with Crippen LogP contribution in [0.5, 0.6) is 5.75 Å². The number of fused-ring (bicyclic) bond motifs is 1. The van der Waals surface area contributed by atoms with Crippen molar-refractivity contribution in [1.29, 1.82) is 0 Å². The molecule has 2 N–H and O–H groups in total. The molecule has 0 radical (unpaired) electrons. The van der Waals surface area contributed by atoms with Gasteiger partial charge in [0.15, 0.2) is 5.13 Å². The van der Waals surface area contributed by atoms with Crippen LogP contribution in [0.1, 0.15) is 21.5 Å². The maximum atomic E-state index is 11.8. The van der Waals surface area contributed by atoms with Gasteiger partial charge < -0.3 is 9.64 Å². The molecule has 1 aliphatic rings. The van der Waals surface area contributed by atoms with E-state index in [2.05, 4.69) is 4.90 Å². The zero-order valence-electron chi connectivity index (χ0n) is 15.1. The third kappa shape index (κ3) is 3.56. The Labute approximate surface area is 171 Å². The summed E-state index contributed by atoms with van der Waals surface area (Å²) in [4.78, 5) is 18.8. The molecular weight excluding hydrogens is 398 g/mol. The van der Waals surface area contributed by atoms with Gasteiger partial charge in [0.1, 0.15) is 5.75 Å². The number of methoxy groups -OCH3 is 1. The van der Waals surface area contributed by atoms with Crippen LogP contribution in [0.25, 0.3) is 11.3 Å². The predicted molar refractivity (Wildman–Crippen MR) is 110 cm³/mol. The number of rotatable bonds is 4. The quantitative estimate of drug-likeness (QED) is 0.494. The van der Waals surface area contributed by atoms with Gasteiger partial charge >= 0.3 is 0 Å². The molecule has 6 nitrogen and oxygen atoms in total. The Bertz CT molecular complexity index is 1020. The number of nitrogens with zero attached hydrogens (tertiary/aromatic N) is 2. The molecule has 0 aliphatic carbocycles. The van der Waals surface area contributed by atoms with Crippen molar-refractivity contribution in [1.82, 2.24) is 10.5 Å². The molecule has 0 fully saturated rings. The summed E-state index contributed by atoms with van der Waals surface area (Å²) in [6.07, 6.45) is 0.754. The summed E-state index contributed by atoms with van der Waals surface area (Å²) < 4.78 is 5.50. The Morgan fingerprint density at radius 1 is 1.36 bits per heavy atom. The Hall–Kier alpha value is -2.61. The third-order valence-corrected chi connectivity index (χ3v) is 5.90. The molecule has 3 aromatic rings. The second kappa shape index (κ2) is 7.79. The topological polar surface area (TPSA) is 74.7 Å². The van der Waals surface area contributed by atoms with Gasteiger partial charge in [-0.05, 0) is 36.2 Å². The highest BCUT2D eigenvalue weighted by Gasteiger charge is 2.24. The lowest BCUT2D eigenvalue weighted by Gasteiger charge is -2.30. The number of hydrogen-bond donors (Lipinski definition) is 2. The van der Waals surface area contributed by atoms with E-state index in [1.54, 1.807) is 36.1 Å². The summed E-state index contributed by atoms with van der Waals surface area (Å²) in [5.74, 6) is 0.0852. The van der Waals surface area contributed by atoms with Crippen LogP contribution >= 0.6 is 22.9 Å². The molecule has 4 rings (SSSR count). The van der Waals surface area contributed by atoms with Crippen molar-refractivity contribution in [2.75, 3.05) is 18.6 Å². The highest BCUT2D eigenvalue weighted by Crippen LogP contribution is 2.35. The van der Waals surface area contributed by atoms with E-state index < -0.39 is 5.91 Å². The molecule has 0 bridgehead atoms. The number of nitrogens with one attached hydrogen (secondary N) is 1. The second-order valence-corrected chi connectivity index (χ2v) is 7.73. The molecule has 1 aromatic heterocycles. The Morgan fingerprint density at radius 3 is 2.96 bits per heavy atom. The number of ether oxygens (including phenoxy) is 1. The molecule has 28 heavy (non-hydrogen) atoms. The van der Waals surface area contributed by atoms with E-state index in [1.165, 1.54) is 0 Å². The SMILES string of the molecule is COc1cc(C(=O)NO)cc2c1CN(c1nc(-c3cccc(Cl)c3)cs1)CC2. The molecule has 0 saturated heterocycles. The van der Waals surface area contributed by atoms with Gasteiger partial charge in [0.05, 0.1) is 12.8 Å². The van der Waals surface area contributed by atoms with Crippen LogP contribution in [0.15, 0.2) is 41.8 Å². The number of carbonyl (C=O) groups is 1. The third-order valence-electron chi connectivity index (χ3n) is 4.77. The van der Waals surface area contributed by atoms with Crippen molar-refractivity contribution < 1.29 is 14.7 Å². The summed E-state index contributed by atoms with van der Waals surface area (Å²) >= 11 is 7.68. The fraction of sp³-hybridized carbons (Fsp3) is 0.200. The molecular formula is C20H18ClN3O3S. The monoisotopic (exact) mass is 415 g/mol. The fourth-order valence-corrected chi connectivity index (χ4v) is 4.41. The number of amides is 1. The van der Waals surface area contributed by atoms with E-state index in [-0.39, 0.29) is 0 Å². The molecule has 2 heterocycles. The minimum Gasteiger partial charge on any atom is -0.496 e. The molecule has 0 atom stereocenters. The van der Waals surface area contributed by atoms with E-state index in [0.717, 1.165) is 40.5 Å². The first kappa shape index (κ1) is 18.7. The van der Waals surface area contributed by atoms with E-state index in [0.29, 0.717) is 22.9 Å². The maximum Gasteiger partial charge on any atom is 0.274 e. The first-order chi connectivity index (χ1) is 13.6. The molecule has 1 aliphatic heterocycles. The zero-order valence-corrected chi connectivity index (χ0v) is 16.7. The van der Waals surface area contributed by atoms with Crippen LogP contribution in [-0.2, 0) is 13.0 Å². The summed E-state index contributed by atoms with van der Waals surface area (Å²) in [6, 6.07) is 11.1. The van der Waals surface area contributed by atoms with Crippen LogP contribution in [0.2, 0.25) is 5.02 Å². The van der Waals surface area contributed by atoms with Crippen LogP contribution in [0.4, 0.5) is 5.13 Å². The molecule has 8 heteroatoms. The first-order valence-electron chi connectivity index (χ1n) is 8.69. The highest BCUT2D eigenvalue weighted by molar-refractivity contribution is 7.14. The average molecular weight is 416 g/mol. The van der Waals surface area contributed by atoms with Crippen LogP contribution in [0, 0.1) is 0 Å². The standard InChI is InChI=1S/C20H18ClN3O3S/c1-27-18-9-14(19(25)23-26)7-12-5-6-24(10-16(12)18)20-22-17(11-28-20)13-3-2-4-15(21)8-13/h2-4,7-9,11,26H,5-6,10H2,1H3,(H,23,25). The molecule has 2 aromatic carbocycles. The Balaban J connectivity index is 1.62. The molecule has 1 amide bonds. The lowest BCUT2D eigenvalue weighted by atomic mass is 9.96. The van der Waals surface area contributed by atoms with Crippen LogP contribution < -0.4 is 15.1 Å². The van der Waals surface area contributed by atoms with Gasteiger partial charge in [-0.15, -0.1) is 11.3 Å². The number of hydrogen-bond acceptors (Lipinski definition) is 6. The lowest BCUT2D eigenvalue weighted by Crippen LogP contribution is -2.31. The van der Waals surface area contributed by atoms with Crippen LogP contribution in [-0.4, -0.2) is 29.8 Å². The molecule has 0 spiro atoms. The van der Waals surface area contributed by atoms with Crippen molar-refractivity contribution in [3.63, 3.8) is 0 Å². The zero-order chi connectivity index (χ0) is 19.7. The fourth-order valence-electron chi connectivity index (χ4n) is 3.36. The number of thiazole rings is 1. The van der Waals surface area contributed by atoms with Gasteiger partial charge in [-0.1, -0.05) is 23.7 Å². The van der Waals surface area contributed by atoms with Crippen molar-refractivity contribution >= 4 is 34.0 Å². The predicted octanol–water partition coefficient (Wildman–Crippen LogP) is 4.15. The number of hydroxylamine groups is 1. The number of carbonyl (C=O) groups excluding carboxylic acids is 1. The summed E-state index contributed by atoms with van der Waals surface area (Å²) in [6.45, 7) is 1.42. The van der Waals surface area contributed by atoms with Gasteiger partial charge in [-0.25, -0.2) is 10.5 Å². The minimum atomic E-state index is -0.547. The van der Waals surface area contributed by atoms with Gasteiger partial charge in [0, 0.05) is 40.2 Å². The van der Waals surface area contributed by atoms with Crippen molar-refractivity contribution in [2.45, 2.75) is 13.0 Å². The number of benzene rings is 2. The van der Waals surface area contributed by atoms with E-state index in [9.17, 15) is 4.79 Å². The smallest absolute Gasteiger partial charge is 0.274 e. The molecule has 144 valence electrons. The Morgan fingerprint density at radius 2 is 2.21 bits per heavy atom. The van der Waals surface area contributed by atoms with Gasteiger partial charge in [-0.2, -0.15) is 0 Å². The minimum absolute atomic E-state index is 0.379. The summed E-state index contributed by atoms with van der Waals surface area (Å²) in [7, 11) is 1.58. The number of aromatic nitrogens is 1. The maximum absolute atomic E-state index is 11.8.